The van der Waals surface area contributed by atoms with E-state index in [9.17, 15) is 4.79 Å². The molecule has 0 saturated heterocycles. The summed E-state index contributed by atoms with van der Waals surface area (Å²) in [6.07, 6.45) is 6.84. The number of rotatable bonds is 1. The summed E-state index contributed by atoms with van der Waals surface area (Å²) in [5, 5.41) is 0. The highest BCUT2D eigenvalue weighted by Crippen LogP contribution is 2.44. The van der Waals surface area contributed by atoms with Crippen LogP contribution in [-0.2, 0) is 9.47 Å². The molecule has 2 aliphatic rings. The Hall–Kier alpha value is -0.250. The second-order valence-corrected chi connectivity index (χ2v) is 7.91. The summed E-state index contributed by atoms with van der Waals surface area (Å²) in [6.45, 7) is 5.58. The van der Waals surface area contributed by atoms with Crippen LogP contribution in [0.2, 0.25) is 0 Å². The van der Waals surface area contributed by atoms with Crippen molar-refractivity contribution in [3.8, 4) is 0 Å². The lowest BCUT2D eigenvalue weighted by Crippen LogP contribution is -2.43. The highest BCUT2D eigenvalue weighted by atomic mass is 79.9. The van der Waals surface area contributed by atoms with Gasteiger partial charge in [-0.1, -0.05) is 35.2 Å². The normalized spacial score (nSPS) is 35.4. The molecule has 2 fully saturated rings. The maximum absolute atomic E-state index is 11.8. The van der Waals surface area contributed by atoms with E-state index in [0.717, 1.165) is 12.3 Å². The monoisotopic (exact) mass is 332 g/mol. The molecule has 4 unspecified atom stereocenters. The number of hydrogen-bond acceptors (Lipinski definition) is 3. The van der Waals surface area contributed by atoms with E-state index in [-0.39, 0.29) is 6.10 Å². The van der Waals surface area contributed by atoms with Gasteiger partial charge in [-0.2, -0.15) is 0 Å². The quantitative estimate of drug-likeness (QED) is 0.517. The average Bonchev–Trinajstić information content (AvgIpc) is 2.31. The van der Waals surface area contributed by atoms with Crippen molar-refractivity contribution < 1.29 is 14.3 Å². The van der Waals surface area contributed by atoms with Gasteiger partial charge in [-0.25, -0.2) is 4.79 Å². The standard InChI is InChI=1S/C15H25BrO3/c1-15(2,3)19-14(17)18-12-9-8-10-6-4-5-7-11(10)13(12)16/h10-13H,4-9H2,1-3H3. The van der Waals surface area contributed by atoms with Crippen LogP contribution in [0.1, 0.15) is 59.3 Å². The molecule has 0 bridgehead atoms. The molecule has 2 saturated carbocycles. The first-order valence-electron chi connectivity index (χ1n) is 7.40. The molecule has 0 heterocycles. The molecule has 0 spiro atoms. The fourth-order valence-corrected chi connectivity index (χ4v) is 4.42. The van der Waals surface area contributed by atoms with E-state index in [1.54, 1.807) is 0 Å². The van der Waals surface area contributed by atoms with Crippen molar-refractivity contribution in [2.45, 2.75) is 75.8 Å². The van der Waals surface area contributed by atoms with Crippen molar-refractivity contribution in [3.63, 3.8) is 0 Å². The number of fused-ring (bicyclic) bond motifs is 1. The molecule has 0 radical (unpaired) electrons. The van der Waals surface area contributed by atoms with E-state index in [2.05, 4.69) is 15.9 Å². The van der Waals surface area contributed by atoms with Crippen LogP contribution in [0.15, 0.2) is 0 Å². The predicted molar refractivity (Wildman–Crippen MR) is 78.5 cm³/mol. The Balaban J connectivity index is 1.89. The third kappa shape index (κ3) is 4.11. The summed E-state index contributed by atoms with van der Waals surface area (Å²) >= 11 is 3.77. The second-order valence-electron chi connectivity index (χ2n) is 6.85. The minimum absolute atomic E-state index is 0.0331. The van der Waals surface area contributed by atoms with Gasteiger partial charge in [0.15, 0.2) is 0 Å². The van der Waals surface area contributed by atoms with Gasteiger partial charge >= 0.3 is 6.16 Å². The van der Waals surface area contributed by atoms with E-state index in [1.165, 1.54) is 32.1 Å². The number of ether oxygens (including phenoxy) is 2. The largest absolute Gasteiger partial charge is 0.509 e. The van der Waals surface area contributed by atoms with Crippen LogP contribution in [-0.4, -0.2) is 22.7 Å². The van der Waals surface area contributed by atoms with Gasteiger partial charge in [-0.15, -0.1) is 0 Å². The Labute approximate surface area is 124 Å². The zero-order chi connectivity index (χ0) is 14.0. The predicted octanol–water partition coefficient (Wildman–Crippen LogP) is 4.67. The smallest absolute Gasteiger partial charge is 0.430 e. The minimum atomic E-state index is -0.531. The van der Waals surface area contributed by atoms with Crippen LogP contribution in [0, 0.1) is 11.8 Å². The number of carbonyl (C=O) groups is 1. The van der Waals surface area contributed by atoms with Crippen molar-refractivity contribution in [3.05, 3.63) is 0 Å². The minimum Gasteiger partial charge on any atom is -0.430 e. The van der Waals surface area contributed by atoms with Gasteiger partial charge in [0.05, 0.1) is 4.83 Å². The summed E-state index contributed by atoms with van der Waals surface area (Å²) < 4.78 is 10.8. The van der Waals surface area contributed by atoms with Gasteiger partial charge in [0.2, 0.25) is 0 Å². The number of carbonyl (C=O) groups excluding carboxylic acids is 1. The lowest BCUT2D eigenvalue weighted by Gasteiger charge is -2.42. The molecule has 2 rings (SSSR count). The van der Waals surface area contributed by atoms with Gasteiger partial charge in [0, 0.05) is 0 Å². The molecule has 0 aliphatic heterocycles. The first kappa shape index (κ1) is 15.1. The zero-order valence-electron chi connectivity index (χ0n) is 12.2. The molecule has 4 heteroatoms. The first-order valence-corrected chi connectivity index (χ1v) is 8.32. The summed E-state index contributed by atoms with van der Waals surface area (Å²) in [4.78, 5) is 12.1. The maximum Gasteiger partial charge on any atom is 0.509 e. The molecule has 110 valence electrons. The van der Waals surface area contributed by atoms with Gasteiger partial charge in [-0.05, 0) is 51.9 Å². The van der Waals surface area contributed by atoms with Crippen LogP contribution in [0.25, 0.3) is 0 Å². The highest BCUT2D eigenvalue weighted by Gasteiger charge is 2.41. The molecule has 4 atom stereocenters. The van der Waals surface area contributed by atoms with Crippen LogP contribution >= 0.6 is 15.9 Å². The van der Waals surface area contributed by atoms with Crippen molar-refractivity contribution >= 4 is 22.1 Å². The van der Waals surface area contributed by atoms with Gasteiger partial charge < -0.3 is 9.47 Å². The molecule has 0 aromatic rings. The Kier molecular flexibility index (Phi) is 4.80. The average molecular weight is 333 g/mol. The molecule has 3 nitrogen and oxygen atoms in total. The molecule has 0 amide bonds. The van der Waals surface area contributed by atoms with E-state index >= 15 is 0 Å². The van der Waals surface area contributed by atoms with Gasteiger partial charge in [0.1, 0.15) is 11.7 Å². The highest BCUT2D eigenvalue weighted by molar-refractivity contribution is 9.09. The van der Waals surface area contributed by atoms with Crippen molar-refractivity contribution in [2.75, 3.05) is 0 Å². The van der Waals surface area contributed by atoms with Crippen LogP contribution in [0.5, 0.6) is 0 Å². The van der Waals surface area contributed by atoms with Crippen LogP contribution in [0.4, 0.5) is 4.79 Å². The first-order chi connectivity index (χ1) is 8.87. The van der Waals surface area contributed by atoms with Crippen LogP contribution < -0.4 is 0 Å². The molecule has 2 aliphatic carbocycles. The second kappa shape index (κ2) is 6.02. The summed E-state index contributed by atoms with van der Waals surface area (Å²) in [6, 6.07) is 0. The topological polar surface area (TPSA) is 35.5 Å². The molecular formula is C15H25BrO3. The zero-order valence-corrected chi connectivity index (χ0v) is 13.7. The Bertz CT molecular complexity index is 324. The number of alkyl halides is 1. The van der Waals surface area contributed by atoms with Crippen molar-refractivity contribution in [1.82, 2.24) is 0 Å². The summed E-state index contributed by atoms with van der Waals surface area (Å²) in [7, 11) is 0. The van der Waals surface area contributed by atoms with Gasteiger partial charge in [-0.3, -0.25) is 0 Å². The molecule has 19 heavy (non-hydrogen) atoms. The van der Waals surface area contributed by atoms with E-state index in [1.807, 2.05) is 20.8 Å². The summed E-state index contributed by atoms with van der Waals surface area (Å²) in [5.41, 5.74) is -0.485. The molecule has 0 N–H and O–H groups in total. The van der Waals surface area contributed by atoms with Crippen molar-refractivity contribution in [1.29, 1.82) is 0 Å². The van der Waals surface area contributed by atoms with E-state index in [4.69, 9.17) is 9.47 Å². The van der Waals surface area contributed by atoms with Gasteiger partial charge in [0.25, 0.3) is 0 Å². The molecule has 0 aromatic carbocycles. The Morgan fingerprint density at radius 3 is 2.47 bits per heavy atom. The third-order valence-corrected chi connectivity index (χ3v) is 5.46. The van der Waals surface area contributed by atoms with E-state index in [0.29, 0.717) is 10.7 Å². The van der Waals surface area contributed by atoms with E-state index < -0.39 is 11.8 Å². The molecule has 0 aromatic heterocycles. The lowest BCUT2D eigenvalue weighted by atomic mass is 9.70. The maximum atomic E-state index is 11.8. The third-order valence-electron chi connectivity index (χ3n) is 4.19. The fourth-order valence-electron chi connectivity index (χ4n) is 3.35. The van der Waals surface area contributed by atoms with Crippen LogP contribution in [0.3, 0.4) is 0 Å². The molecular weight excluding hydrogens is 308 g/mol. The lowest BCUT2D eigenvalue weighted by molar-refractivity contribution is -0.0433. The van der Waals surface area contributed by atoms with Crippen molar-refractivity contribution in [2.24, 2.45) is 11.8 Å². The summed E-state index contributed by atoms with van der Waals surface area (Å²) in [5.74, 6) is 1.48. The fraction of sp³-hybridized carbons (Fsp3) is 0.933. The number of hydrogen-bond donors (Lipinski definition) is 0. The SMILES string of the molecule is CC(C)(C)OC(=O)OC1CCC2CCCCC2C1Br. The Morgan fingerprint density at radius 2 is 1.79 bits per heavy atom. The Morgan fingerprint density at radius 1 is 1.11 bits per heavy atom. The number of halogens is 1.